The van der Waals surface area contributed by atoms with Crippen LogP contribution in [0.3, 0.4) is 0 Å². The van der Waals surface area contributed by atoms with Crippen LogP contribution in [0.4, 0.5) is 0 Å². The van der Waals surface area contributed by atoms with Crippen LogP contribution >= 0.6 is 0 Å². The number of hydrogen-bond donors (Lipinski definition) is 0. The van der Waals surface area contributed by atoms with Crippen LogP contribution in [0.5, 0.6) is 0 Å². The number of carbonyl (C=O) groups is 1. The highest BCUT2D eigenvalue weighted by Gasteiger charge is 2.23. The van der Waals surface area contributed by atoms with Crippen LogP contribution in [0.15, 0.2) is 22.8 Å². The molecular weight excluding hydrogens is 178 g/mol. The molecule has 1 fully saturated rings. The highest BCUT2D eigenvalue weighted by Crippen LogP contribution is 2.16. The van der Waals surface area contributed by atoms with Crippen LogP contribution in [0.1, 0.15) is 30.3 Å². The first-order valence-corrected chi connectivity index (χ1v) is 5.08. The van der Waals surface area contributed by atoms with Gasteiger partial charge in [0.05, 0.1) is 12.8 Å². The summed E-state index contributed by atoms with van der Waals surface area (Å²) in [6.07, 6.45) is 3.94. The normalized spacial score (nSPS) is 22.8. The molecule has 1 aliphatic heterocycles. The summed E-state index contributed by atoms with van der Waals surface area (Å²) in [6, 6.07) is 4.01. The summed E-state index contributed by atoms with van der Waals surface area (Å²) in [5.74, 6) is 0.563. The Balaban J connectivity index is 1.95. The molecule has 0 aliphatic carbocycles. The topological polar surface area (TPSA) is 33.5 Å². The summed E-state index contributed by atoms with van der Waals surface area (Å²) < 4.78 is 5.06. The molecule has 0 radical (unpaired) electrons. The van der Waals surface area contributed by atoms with E-state index in [0.717, 1.165) is 6.54 Å². The summed E-state index contributed by atoms with van der Waals surface area (Å²) >= 11 is 0. The van der Waals surface area contributed by atoms with Crippen LogP contribution in [0, 0.1) is 0 Å². The lowest BCUT2D eigenvalue weighted by atomic mass is 10.2. The molecule has 0 aromatic carbocycles. The fourth-order valence-corrected chi connectivity index (χ4v) is 1.93. The Kier molecular flexibility index (Phi) is 2.68. The molecule has 3 heteroatoms. The number of nitrogens with zero attached hydrogens (tertiary/aromatic N) is 1. The third kappa shape index (κ3) is 1.87. The minimum absolute atomic E-state index is 0.0868. The minimum atomic E-state index is 0.0868. The van der Waals surface area contributed by atoms with E-state index < -0.39 is 0 Å². The van der Waals surface area contributed by atoms with Crippen LogP contribution < -0.4 is 0 Å². The van der Waals surface area contributed by atoms with Crippen molar-refractivity contribution in [3.8, 4) is 0 Å². The van der Waals surface area contributed by atoms with Crippen molar-refractivity contribution in [3.63, 3.8) is 0 Å². The zero-order chi connectivity index (χ0) is 9.97. The second kappa shape index (κ2) is 3.96. The quantitative estimate of drug-likeness (QED) is 0.688. The molecule has 1 saturated heterocycles. The Bertz CT molecular complexity index is 305. The molecule has 1 aliphatic rings. The van der Waals surface area contributed by atoms with Gasteiger partial charge in [0.25, 0.3) is 0 Å². The fourth-order valence-electron chi connectivity index (χ4n) is 1.93. The molecule has 0 spiro atoms. The van der Waals surface area contributed by atoms with Gasteiger partial charge < -0.3 is 4.42 Å². The lowest BCUT2D eigenvalue weighted by Crippen LogP contribution is -2.32. The van der Waals surface area contributed by atoms with Crippen molar-refractivity contribution in [2.24, 2.45) is 0 Å². The third-order valence-electron chi connectivity index (χ3n) is 2.83. The number of rotatable bonds is 3. The second-order valence-corrected chi connectivity index (χ2v) is 3.86. The van der Waals surface area contributed by atoms with Gasteiger partial charge in [-0.3, -0.25) is 9.69 Å². The molecule has 0 amide bonds. The summed E-state index contributed by atoms with van der Waals surface area (Å²) in [5.41, 5.74) is 0. The van der Waals surface area contributed by atoms with E-state index in [1.165, 1.54) is 12.8 Å². The molecule has 1 aromatic rings. The van der Waals surface area contributed by atoms with Gasteiger partial charge in [-0.1, -0.05) is 0 Å². The lowest BCUT2D eigenvalue weighted by molar-refractivity contribution is 0.0899. The Morgan fingerprint density at radius 1 is 1.71 bits per heavy atom. The summed E-state index contributed by atoms with van der Waals surface area (Å²) in [4.78, 5) is 13.9. The number of likely N-dealkylation sites (tertiary alicyclic amines) is 1. The Labute approximate surface area is 83.7 Å². The van der Waals surface area contributed by atoms with E-state index in [1.807, 2.05) is 0 Å². The smallest absolute Gasteiger partial charge is 0.211 e. The van der Waals surface area contributed by atoms with Gasteiger partial charge in [0.2, 0.25) is 5.78 Å². The van der Waals surface area contributed by atoms with Crippen LogP contribution in [0.25, 0.3) is 0 Å². The van der Waals surface area contributed by atoms with Crippen LogP contribution in [-0.2, 0) is 0 Å². The Morgan fingerprint density at radius 2 is 2.57 bits per heavy atom. The first kappa shape index (κ1) is 9.46. The maximum atomic E-state index is 11.7. The molecule has 76 valence electrons. The van der Waals surface area contributed by atoms with E-state index in [2.05, 4.69) is 11.8 Å². The molecule has 0 bridgehead atoms. The Hall–Kier alpha value is -1.09. The zero-order valence-corrected chi connectivity index (χ0v) is 8.40. The van der Waals surface area contributed by atoms with E-state index in [-0.39, 0.29) is 5.78 Å². The van der Waals surface area contributed by atoms with Gasteiger partial charge >= 0.3 is 0 Å². The fraction of sp³-hybridized carbons (Fsp3) is 0.545. The predicted octanol–water partition coefficient (Wildman–Crippen LogP) is 1.95. The minimum Gasteiger partial charge on any atom is -0.461 e. The van der Waals surface area contributed by atoms with Crippen molar-refractivity contribution in [2.45, 2.75) is 25.8 Å². The maximum Gasteiger partial charge on any atom is 0.211 e. The van der Waals surface area contributed by atoms with Crippen molar-refractivity contribution >= 4 is 5.78 Å². The Morgan fingerprint density at radius 3 is 3.14 bits per heavy atom. The van der Waals surface area contributed by atoms with E-state index >= 15 is 0 Å². The lowest BCUT2D eigenvalue weighted by Gasteiger charge is -2.18. The monoisotopic (exact) mass is 193 g/mol. The van der Waals surface area contributed by atoms with Gasteiger partial charge in [-0.15, -0.1) is 0 Å². The molecule has 3 nitrogen and oxygen atoms in total. The van der Waals surface area contributed by atoms with E-state index in [4.69, 9.17) is 4.42 Å². The SMILES string of the molecule is CC1CCCN1CC(=O)c1ccco1. The second-order valence-electron chi connectivity index (χ2n) is 3.86. The van der Waals surface area contributed by atoms with Gasteiger partial charge in [0.1, 0.15) is 0 Å². The van der Waals surface area contributed by atoms with Gasteiger partial charge in [-0.25, -0.2) is 0 Å². The molecule has 2 rings (SSSR count). The number of hydrogen-bond acceptors (Lipinski definition) is 3. The van der Waals surface area contributed by atoms with E-state index in [9.17, 15) is 4.79 Å². The molecule has 1 atom stereocenters. The van der Waals surface area contributed by atoms with E-state index in [0.29, 0.717) is 18.3 Å². The van der Waals surface area contributed by atoms with Crippen molar-refractivity contribution in [1.82, 2.24) is 4.90 Å². The molecule has 1 aromatic heterocycles. The first-order chi connectivity index (χ1) is 6.77. The molecule has 2 heterocycles. The van der Waals surface area contributed by atoms with Gasteiger partial charge in [0, 0.05) is 6.04 Å². The molecular formula is C11H15NO2. The molecule has 14 heavy (non-hydrogen) atoms. The predicted molar refractivity (Wildman–Crippen MR) is 53.3 cm³/mol. The van der Waals surface area contributed by atoms with Crippen molar-refractivity contribution in [2.75, 3.05) is 13.1 Å². The standard InChI is InChI=1S/C11H15NO2/c1-9-4-2-6-12(9)8-10(13)11-5-3-7-14-11/h3,5,7,9H,2,4,6,8H2,1H3. The largest absolute Gasteiger partial charge is 0.461 e. The molecule has 0 saturated carbocycles. The molecule has 0 N–H and O–H groups in total. The number of carbonyl (C=O) groups excluding carboxylic acids is 1. The first-order valence-electron chi connectivity index (χ1n) is 5.08. The van der Waals surface area contributed by atoms with E-state index in [1.54, 1.807) is 18.4 Å². The average molecular weight is 193 g/mol. The van der Waals surface area contributed by atoms with Crippen molar-refractivity contribution in [3.05, 3.63) is 24.2 Å². The number of furan rings is 1. The van der Waals surface area contributed by atoms with Crippen LogP contribution in [0.2, 0.25) is 0 Å². The van der Waals surface area contributed by atoms with Crippen molar-refractivity contribution in [1.29, 1.82) is 0 Å². The maximum absolute atomic E-state index is 11.7. The third-order valence-corrected chi connectivity index (χ3v) is 2.83. The zero-order valence-electron chi connectivity index (χ0n) is 8.40. The number of Topliss-reactive ketones (excluding diaryl/α,β-unsaturated/α-hetero) is 1. The van der Waals surface area contributed by atoms with Gasteiger partial charge in [-0.05, 0) is 38.4 Å². The summed E-state index contributed by atoms with van der Waals surface area (Å²) in [5, 5.41) is 0. The highest BCUT2D eigenvalue weighted by molar-refractivity contribution is 5.95. The number of ketones is 1. The highest BCUT2D eigenvalue weighted by atomic mass is 16.3. The van der Waals surface area contributed by atoms with Gasteiger partial charge in [-0.2, -0.15) is 0 Å². The van der Waals surface area contributed by atoms with Crippen LogP contribution in [-0.4, -0.2) is 29.8 Å². The van der Waals surface area contributed by atoms with Crippen molar-refractivity contribution < 1.29 is 9.21 Å². The molecule has 1 unspecified atom stereocenters. The summed E-state index contributed by atoms with van der Waals surface area (Å²) in [6.45, 7) is 3.70. The summed E-state index contributed by atoms with van der Waals surface area (Å²) in [7, 11) is 0. The van der Waals surface area contributed by atoms with Gasteiger partial charge in [0.15, 0.2) is 5.76 Å². The average Bonchev–Trinajstić information content (AvgIpc) is 2.77.